The number of piperidine rings is 1. The number of ether oxygens (including phenoxy) is 1. The van der Waals surface area contributed by atoms with Crippen LogP contribution in [-0.2, 0) is 6.42 Å². The van der Waals surface area contributed by atoms with E-state index in [4.69, 9.17) is 19.7 Å². The van der Waals surface area contributed by atoms with E-state index in [2.05, 4.69) is 15.1 Å². The number of nitrogens with one attached hydrogen (secondary N) is 1. The number of aryl methyl sites for hydroxylation is 2. The number of piperazine rings is 1. The molecule has 1 spiro atoms. The maximum absolute atomic E-state index is 17.0. The molecule has 3 aliphatic heterocycles. The Labute approximate surface area is 296 Å². The highest BCUT2D eigenvalue weighted by Crippen LogP contribution is 2.55. The summed E-state index contributed by atoms with van der Waals surface area (Å²) in [5, 5.41) is 5.75. The molecule has 9 rings (SSSR count). The molecule has 268 valence electrons. The standard InChI is InChI=1S/C37H42F2N6O.2C2H6/c1-23-27(38)9-8-24-4-2-6-26(29(23)24)32-31(39)33-30-28(41-32)7-3-5-25-20-40-16-19-45(25)34(30)43-35(42-33)46-22-37(12-13-37)21-44-17-14-36(10-11-36)15-18-44;2*1-2/h2,4,6,8-9,25,40H,3,5,7,10-22H2,1H3;2*1-2H3. The molecule has 0 amide bonds. The Balaban J connectivity index is 0.000000948. The van der Waals surface area contributed by atoms with Gasteiger partial charge >= 0.3 is 6.01 Å². The number of rotatable bonds is 6. The van der Waals surface area contributed by atoms with Crippen molar-refractivity contribution in [3.05, 3.63) is 53.2 Å². The summed E-state index contributed by atoms with van der Waals surface area (Å²) in [6, 6.07) is 9.39. The molecule has 2 aromatic heterocycles. The summed E-state index contributed by atoms with van der Waals surface area (Å²) in [5.41, 5.74) is 3.12. The van der Waals surface area contributed by atoms with Gasteiger partial charge in [-0.25, -0.2) is 13.8 Å². The Morgan fingerprint density at radius 3 is 2.42 bits per heavy atom. The maximum Gasteiger partial charge on any atom is 0.319 e. The van der Waals surface area contributed by atoms with Crippen molar-refractivity contribution >= 4 is 27.5 Å². The second kappa shape index (κ2) is 14.3. The second-order valence-electron chi connectivity index (χ2n) is 14.9. The fourth-order valence-corrected chi connectivity index (χ4v) is 8.45. The predicted octanol–water partition coefficient (Wildman–Crippen LogP) is 8.63. The summed E-state index contributed by atoms with van der Waals surface area (Å²) in [4.78, 5) is 19.8. The lowest BCUT2D eigenvalue weighted by atomic mass is 9.93. The molecule has 5 heterocycles. The van der Waals surface area contributed by atoms with Gasteiger partial charge in [-0.3, -0.25) is 0 Å². The molecule has 5 aliphatic rings. The SMILES string of the molecule is CC.CC.Cc1c(F)ccc2cccc(-c3nc4c5c(nc(OCC6(CN7CCC8(CC7)CC8)CC6)nc5c3F)N3CCNCC3CCC4)c12. The third-order valence-corrected chi connectivity index (χ3v) is 11.8. The van der Waals surface area contributed by atoms with Crippen molar-refractivity contribution < 1.29 is 13.5 Å². The van der Waals surface area contributed by atoms with Gasteiger partial charge in [0.2, 0.25) is 0 Å². The summed E-state index contributed by atoms with van der Waals surface area (Å²) < 4.78 is 38.3. The molecule has 1 N–H and O–H groups in total. The summed E-state index contributed by atoms with van der Waals surface area (Å²) in [6.07, 6.45) is 10.4. The van der Waals surface area contributed by atoms with Crippen LogP contribution in [0.2, 0.25) is 0 Å². The summed E-state index contributed by atoms with van der Waals surface area (Å²) in [6.45, 7) is 16.2. The van der Waals surface area contributed by atoms with Gasteiger partial charge in [0.25, 0.3) is 0 Å². The number of hydrogen-bond acceptors (Lipinski definition) is 7. The molecule has 0 bridgehead atoms. The predicted molar refractivity (Wildman–Crippen MR) is 199 cm³/mol. The van der Waals surface area contributed by atoms with Crippen LogP contribution in [0.4, 0.5) is 14.6 Å². The number of likely N-dealkylation sites (tertiary alicyclic amines) is 1. The molecule has 2 saturated heterocycles. The zero-order valence-electron chi connectivity index (χ0n) is 30.7. The number of nitrogens with zero attached hydrogens (tertiary/aromatic N) is 5. The van der Waals surface area contributed by atoms with Crippen LogP contribution < -0.4 is 15.0 Å². The molecule has 2 saturated carbocycles. The monoisotopic (exact) mass is 684 g/mol. The van der Waals surface area contributed by atoms with Gasteiger partial charge in [-0.2, -0.15) is 9.97 Å². The van der Waals surface area contributed by atoms with Crippen LogP contribution in [0.5, 0.6) is 6.01 Å². The minimum Gasteiger partial charge on any atom is -0.463 e. The average Bonchev–Trinajstić information content (AvgIpc) is 4.09. The van der Waals surface area contributed by atoms with Gasteiger partial charge in [0, 0.05) is 43.2 Å². The van der Waals surface area contributed by atoms with Gasteiger partial charge < -0.3 is 19.9 Å². The lowest BCUT2D eigenvalue weighted by Crippen LogP contribution is -2.52. The van der Waals surface area contributed by atoms with Crippen LogP contribution in [0.25, 0.3) is 32.9 Å². The van der Waals surface area contributed by atoms with Gasteiger partial charge in [0.1, 0.15) is 22.8 Å². The third kappa shape index (κ3) is 6.56. The van der Waals surface area contributed by atoms with Crippen molar-refractivity contribution in [2.24, 2.45) is 10.8 Å². The summed E-state index contributed by atoms with van der Waals surface area (Å²) >= 11 is 0. The molecule has 4 fully saturated rings. The number of pyridine rings is 1. The summed E-state index contributed by atoms with van der Waals surface area (Å²) in [5.74, 6) is -0.0829. The van der Waals surface area contributed by atoms with Crippen LogP contribution in [-0.4, -0.2) is 71.8 Å². The van der Waals surface area contributed by atoms with Gasteiger partial charge in [-0.05, 0) is 106 Å². The Kier molecular flexibility index (Phi) is 10.0. The van der Waals surface area contributed by atoms with Gasteiger partial charge in [-0.1, -0.05) is 52.0 Å². The van der Waals surface area contributed by atoms with Crippen molar-refractivity contribution in [3.63, 3.8) is 0 Å². The average molecular weight is 685 g/mol. The molecule has 0 radical (unpaired) electrons. The highest BCUT2D eigenvalue weighted by atomic mass is 19.1. The Hall–Kier alpha value is -3.43. The van der Waals surface area contributed by atoms with Crippen molar-refractivity contribution in [1.29, 1.82) is 0 Å². The normalized spacial score (nSPS) is 21.7. The number of halogens is 2. The third-order valence-electron chi connectivity index (χ3n) is 11.8. The van der Waals surface area contributed by atoms with Crippen LogP contribution in [0.1, 0.15) is 90.3 Å². The van der Waals surface area contributed by atoms with Crippen molar-refractivity contribution in [2.75, 3.05) is 50.8 Å². The molecular formula is C41H54F2N6O. The number of hydrogen-bond donors (Lipinski definition) is 1. The molecular weight excluding hydrogens is 630 g/mol. The smallest absolute Gasteiger partial charge is 0.319 e. The molecule has 50 heavy (non-hydrogen) atoms. The van der Waals surface area contributed by atoms with E-state index in [9.17, 15) is 4.39 Å². The minimum absolute atomic E-state index is 0.118. The molecule has 2 aromatic carbocycles. The molecule has 9 heteroatoms. The van der Waals surface area contributed by atoms with E-state index >= 15 is 4.39 Å². The van der Waals surface area contributed by atoms with E-state index in [1.165, 1.54) is 44.8 Å². The van der Waals surface area contributed by atoms with Gasteiger partial charge in [0.15, 0.2) is 5.82 Å². The van der Waals surface area contributed by atoms with E-state index in [1.807, 2.05) is 45.9 Å². The van der Waals surface area contributed by atoms with E-state index in [-0.39, 0.29) is 34.5 Å². The largest absolute Gasteiger partial charge is 0.463 e. The first-order chi connectivity index (χ1) is 24.4. The molecule has 1 unspecified atom stereocenters. The minimum atomic E-state index is -0.501. The Morgan fingerprint density at radius 2 is 1.68 bits per heavy atom. The van der Waals surface area contributed by atoms with Gasteiger partial charge in [0.05, 0.1) is 17.7 Å². The van der Waals surface area contributed by atoms with Crippen LogP contribution in [0.3, 0.4) is 0 Å². The lowest BCUT2D eigenvalue weighted by Gasteiger charge is -2.39. The molecule has 4 aromatic rings. The van der Waals surface area contributed by atoms with Crippen LogP contribution >= 0.6 is 0 Å². The van der Waals surface area contributed by atoms with E-state index < -0.39 is 5.82 Å². The zero-order valence-corrected chi connectivity index (χ0v) is 30.7. The Bertz CT molecular complexity index is 1840. The van der Waals surface area contributed by atoms with Crippen LogP contribution in [0.15, 0.2) is 30.3 Å². The number of anilines is 1. The van der Waals surface area contributed by atoms with Crippen molar-refractivity contribution in [3.8, 4) is 17.3 Å². The quantitative estimate of drug-likeness (QED) is 0.218. The van der Waals surface area contributed by atoms with E-state index in [0.717, 1.165) is 68.8 Å². The molecule has 2 aliphatic carbocycles. The fourth-order valence-electron chi connectivity index (χ4n) is 8.45. The number of benzene rings is 2. The zero-order chi connectivity index (χ0) is 35.0. The number of fused-ring (bicyclic) bond motifs is 3. The first-order valence-electron chi connectivity index (χ1n) is 19.3. The van der Waals surface area contributed by atoms with E-state index in [0.29, 0.717) is 40.3 Å². The van der Waals surface area contributed by atoms with Crippen molar-refractivity contribution in [1.82, 2.24) is 25.2 Å². The number of aromatic nitrogens is 3. The highest BCUT2D eigenvalue weighted by Gasteiger charge is 2.49. The first kappa shape index (κ1) is 35.0. The van der Waals surface area contributed by atoms with Crippen LogP contribution in [0, 0.1) is 29.4 Å². The van der Waals surface area contributed by atoms with Crippen molar-refractivity contribution in [2.45, 2.75) is 98.4 Å². The topological polar surface area (TPSA) is 66.4 Å². The summed E-state index contributed by atoms with van der Waals surface area (Å²) in [7, 11) is 0. The Morgan fingerprint density at radius 1 is 0.900 bits per heavy atom. The first-order valence-corrected chi connectivity index (χ1v) is 19.3. The molecule has 7 nitrogen and oxygen atoms in total. The fraction of sp³-hybridized carbons (Fsp3) is 0.585. The second-order valence-corrected chi connectivity index (χ2v) is 14.9. The maximum atomic E-state index is 17.0. The highest BCUT2D eigenvalue weighted by molar-refractivity contribution is 6.01. The van der Waals surface area contributed by atoms with Gasteiger partial charge in [-0.15, -0.1) is 0 Å². The molecule has 1 atom stereocenters. The lowest BCUT2D eigenvalue weighted by molar-refractivity contribution is 0.115. The van der Waals surface area contributed by atoms with E-state index in [1.54, 1.807) is 13.0 Å².